The van der Waals surface area contributed by atoms with E-state index in [4.69, 9.17) is 16.3 Å². The normalized spacial score (nSPS) is 12.2. The Hall–Kier alpha value is -1.02. The van der Waals surface area contributed by atoms with Crippen LogP contribution in [0.2, 0.25) is 5.02 Å². The first-order chi connectivity index (χ1) is 7.63. The lowest BCUT2D eigenvalue weighted by Gasteiger charge is -2.11. The molecule has 0 radical (unpaired) electrons. The first kappa shape index (κ1) is 13.0. The summed E-state index contributed by atoms with van der Waals surface area (Å²) in [5.41, 5.74) is 1.07. The fourth-order valence-corrected chi connectivity index (χ4v) is 1.65. The van der Waals surface area contributed by atoms with Gasteiger partial charge in [0.25, 0.3) is 0 Å². The van der Waals surface area contributed by atoms with Crippen molar-refractivity contribution in [1.29, 1.82) is 0 Å². The summed E-state index contributed by atoms with van der Waals surface area (Å²) in [4.78, 5) is 11.4. The van der Waals surface area contributed by atoms with Crippen molar-refractivity contribution in [3.8, 4) is 0 Å². The van der Waals surface area contributed by atoms with Crippen LogP contribution in [0.25, 0.3) is 0 Å². The molecule has 0 saturated heterocycles. The minimum absolute atomic E-state index is 0.142. The molecule has 3 heteroatoms. The number of carbonyl (C=O) groups is 1. The first-order valence-corrected chi connectivity index (χ1v) is 5.92. The second kappa shape index (κ2) is 6.54. The van der Waals surface area contributed by atoms with Gasteiger partial charge in [0.1, 0.15) is 0 Å². The third kappa shape index (κ3) is 4.23. The second-order valence-electron chi connectivity index (χ2n) is 3.88. The fraction of sp³-hybridized carbons (Fsp3) is 0.462. The number of carbonyl (C=O) groups excluding carboxylic acids is 1. The Morgan fingerprint density at radius 1 is 1.50 bits per heavy atom. The smallest absolute Gasteiger partial charge is 0.306 e. The van der Waals surface area contributed by atoms with E-state index in [2.05, 4.69) is 0 Å². The molecule has 2 nitrogen and oxygen atoms in total. The van der Waals surface area contributed by atoms with Crippen LogP contribution in [0.3, 0.4) is 0 Å². The van der Waals surface area contributed by atoms with Crippen molar-refractivity contribution >= 4 is 17.6 Å². The zero-order valence-corrected chi connectivity index (χ0v) is 10.5. The first-order valence-electron chi connectivity index (χ1n) is 5.54. The Morgan fingerprint density at radius 2 is 2.25 bits per heavy atom. The van der Waals surface area contributed by atoms with E-state index in [1.54, 1.807) is 0 Å². The van der Waals surface area contributed by atoms with Crippen molar-refractivity contribution in [3.63, 3.8) is 0 Å². The zero-order valence-electron chi connectivity index (χ0n) is 9.70. The van der Waals surface area contributed by atoms with E-state index in [1.807, 2.05) is 38.1 Å². The summed E-state index contributed by atoms with van der Waals surface area (Å²) in [6.07, 6.45) is 1.26. The van der Waals surface area contributed by atoms with Gasteiger partial charge in [-0.15, -0.1) is 0 Å². The molecule has 0 aliphatic carbocycles. The van der Waals surface area contributed by atoms with E-state index in [-0.39, 0.29) is 11.9 Å². The molecule has 0 saturated carbocycles. The molecule has 0 bridgehead atoms. The van der Waals surface area contributed by atoms with E-state index in [1.165, 1.54) is 0 Å². The minimum atomic E-state index is -0.144. The zero-order chi connectivity index (χ0) is 12.0. The molecule has 1 rings (SSSR count). The maximum atomic E-state index is 11.4. The minimum Gasteiger partial charge on any atom is -0.466 e. The predicted octanol–water partition coefficient (Wildman–Crippen LogP) is 3.79. The van der Waals surface area contributed by atoms with Gasteiger partial charge < -0.3 is 4.74 Å². The van der Waals surface area contributed by atoms with Crippen molar-refractivity contribution < 1.29 is 9.53 Å². The average molecular weight is 241 g/mol. The number of hydrogen-bond donors (Lipinski definition) is 0. The van der Waals surface area contributed by atoms with Gasteiger partial charge in [-0.2, -0.15) is 0 Å². The maximum Gasteiger partial charge on any atom is 0.306 e. The molecular weight excluding hydrogens is 224 g/mol. The number of benzene rings is 1. The molecule has 1 unspecified atom stereocenters. The van der Waals surface area contributed by atoms with Crippen molar-refractivity contribution in [2.24, 2.45) is 0 Å². The van der Waals surface area contributed by atoms with Crippen LogP contribution in [0.15, 0.2) is 24.3 Å². The molecule has 16 heavy (non-hydrogen) atoms. The van der Waals surface area contributed by atoms with Gasteiger partial charge in [-0.05, 0) is 30.0 Å². The standard InChI is InChI=1S/C13H17ClO2/c1-3-7-16-13(15)8-10(2)11-5-4-6-12(14)9-11/h4-6,9-10H,3,7-8H2,1-2H3. The van der Waals surface area contributed by atoms with E-state index in [0.717, 1.165) is 12.0 Å². The third-order valence-electron chi connectivity index (χ3n) is 2.36. The van der Waals surface area contributed by atoms with Crippen LogP contribution in [0.5, 0.6) is 0 Å². The molecule has 0 amide bonds. The monoisotopic (exact) mass is 240 g/mol. The molecule has 0 aliphatic rings. The van der Waals surface area contributed by atoms with Crippen LogP contribution in [0.1, 0.15) is 38.2 Å². The molecule has 0 heterocycles. The number of hydrogen-bond acceptors (Lipinski definition) is 2. The number of rotatable bonds is 5. The molecule has 1 aromatic rings. The van der Waals surface area contributed by atoms with Gasteiger partial charge in [-0.3, -0.25) is 4.79 Å². The van der Waals surface area contributed by atoms with Crippen molar-refractivity contribution in [2.75, 3.05) is 6.61 Å². The summed E-state index contributed by atoms with van der Waals surface area (Å²) in [6, 6.07) is 7.59. The van der Waals surface area contributed by atoms with Gasteiger partial charge >= 0.3 is 5.97 Å². The van der Waals surface area contributed by atoms with Gasteiger partial charge in [-0.1, -0.05) is 37.6 Å². The lowest BCUT2D eigenvalue weighted by Crippen LogP contribution is -2.09. The summed E-state index contributed by atoms with van der Waals surface area (Å²) < 4.78 is 5.04. The predicted molar refractivity (Wildman–Crippen MR) is 65.7 cm³/mol. The molecule has 0 aromatic heterocycles. The Bertz CT molecular complexity index is 350. The summed E-state index contributed by atoms with van der Waals surface area (Å²) in [6.45, 7) is 4.48. The SMILES string of the molecule is CCCOC(=O)CC(C)c1cccc(Cl)c1. The highest BCUT2D eigenvalue weighted by Crippen LogP contribution is 2.22. The highest BCUT2D eigenvalue weighted by atomic mass is 35.5. The molecule has 1 atom stereocenters. The lowest BCUT2D eigenvalue weighted by atomic mass is 9.98. The molecule has 0 aliphatic heterocycles. The Balaban J connectivity index is 2.52. The Labute approximate surface area is 102 Å². The molecule has 0 fully saturated rings. The van der Waals surface area contributed by atoms with Crippen LogP contribution in [0, 0.1) is 0 Å². The van der Waals surface area contributed by atoms with E-state index < -0.39 is 0 Å². The molecule has 0 N–H and O–H groups in total. The van der Waals surface area contributed by atoms with Crippen LogP contribution < -0.4 is 0 Å². The average Bonchev–Trinajstić information content (AvgIpc) is 2.26. The van der Waals surface area contributed by atoms with E-state index in [0.29, 0.717) is 18.1 Å². The van der Waals surface area contributed by atoms with Gasteiger partial charge in [0.05, 0.1) is 13.0 Å². The highest BCUT2D eigenvalue weighted by molar-refractivity contribution is 6.30. The van der Waals surface area contributed by atoms with Crippen LogP contribution in [-0.2, 0) is 9.53 Å². The van der Waals surface area contributed by atoms with E-state index in [9.17, 15) is 4.79 Å². The van der Waals surface area contributed by atoms with Crippen molar-refractivity contribution in [3.05, 3.63) is 34.9 Å². The summed E-state index contributed by atoms with van der Waals surface area (Å²) in [5.74, 6) is -0.00242. The van der Waals surface area contributed by atoms with Gasteiger partial charge in [-0.25, -0.2) is 0 Å². The van der Waals surface area contributed by atoms with Gasteiger partial charge in [0.15, 0.2) is 0 Å². The Kier molecular flexibility index (Phi) is 5.33. The largest absolute Gasteiger partial charge is 0.466 e. The van der Waals surface area contributed by atoms with Crippen LogP contribution in [0.4, 0.5) is 0 Å². The molecular formula is C13H17ClO2. The second-order valence-corrected chi connectivity index (χ2v) is 4.32. The van der Waals surface area contributed by atoms with E-state index >= 15 is 0 Å². The van der Waals surface area contributed by atoms with Gasteiger partial charge in [0.2, 0.25) is 0 Å². The fourth-order valence-electron chi connectivity index (χ4n) is 1.46. The van der Waals surface area contributed by atoms with Crippen molar-refractivity contribution in [2.45, 2.75) is 32.6 Å². The lowest BCUT2D eigenvalue weighted by molar-refractivity contribution is -0.144. The van der Waals surface area contributed by atoms with Crippen LogP contribution >= 0.6 is 11.6 Å². The number of esters is 1. The number of halogens is 1. The summed E-state index contributed by atoms with van der Waals surface area (Å²) in [5, 5.41) is 0.700. The van der Waals surface area contributed by atoms with Gasteiger partial charge in [0, 0.05) is 5.02 Å². The Morgan fingerprint density at radius 3 is 2.88 bits per heavy atom. The van der Waals surface area contributed by atoms with Crippen LogP contribution in [-0.4, -0.2) is 12.6 Å². The van der Waals surface area contributed by atoms with Crippen molar-refractivity contribution in [1.82, 2.24) is 0 Å². The topological polar surface area (TPSA) is 26.3 Å². The number of ether oxygens (including phenoxy) is 1. The summed E-state index contributed by atoms with van der Waals surface area (Å²) in [7, 11) is 0. The third-order valence-corrected chi connectivity index (χ3v) is 2.59. The molecule has 1 aromatic carbocycles. The maximum absolute atomic E-state index is 11.4. The highest BCUT2D eigenvalue weighted by Gasteiger charge is 2.12. The molecule has 88 valence electrons. The molecule has 0 spiro atoms. The quantitative estimate of drug-likeness (QED) is 0.732. The summed E-state index contributed by atoms with van der Waals surface area (Å²) >= 11 is 5.89.